The van der Waals surface area contributed by atoms with Gasteiger partial charge in [0.05, 0.1) is 17.9 Å². The van der Waals surface area contributed by atoms with Crippen LogP contribution in [0.25, 0.3) is 0 Å². The van der Waals surface area contributed by atoms with Crippen LogP contribution in [0.15, 0.2) is 11.4 Å². The third-order valence-electron chi connectivity index (χ3n) is 1.56. The number of nitrogens with zero attached hydrogens (tertiary/aromatic N) is 3. The van der Waals surface area contributed by atoms with Crippen molar-refractivity contribution in [3.8, 4) is 0 Å². The summed E-state index contributed by atoms with van der Waals surface area (Å²) in [7, 11) is 0. The second-order valence-corrected chi connectivity index (χ2v) is 4.95. The molecule has 8 nitrogen and oxygen atoms in total. The molecular formula is C10H13N3O5S. The third-order valence-corrected chi connectivity index (χ3v) is 2.04. The minimum atomic E-state index is -1.32. The number of carboxylic acid groups (broad SMARTS) is 1. The molecule has 1 heterocycles. The van der Waals surface area contributed by atoms with Gasteiger partial charge in [0.1, 0.15) is 11.3 Å². The van der Waals surface area contributed by atoms with Crippen molar-refractivity contribution in [2.75, 3.05) is 6.61 Å². The number of rotatable bonds is 5. The topological polar surface area (TPSA) is 111 Å². The fraction of sp³-hybridized carbons (Fsp3) is 0.500. The molecule has 0 fully saturated rings. The minimum absolute atomic E-state index is 0.0710. The number of carbonyl (C=O) groups is 2. The van der Waals surface area contributed by atoms with Crippen LogP contribution in [0.1, 0.15) is 26.5 Å². The van der Waals surface area contributed by atoms with Gasteiger partial charge in [0, 0.05) is 0 Å². The smallest absolute Gasteiger partial charge is 0.360 e. The molecule has 0 radical (unpaired) electrons. The molecule has 0 saturated heterocycles. The molecule has 0 spiro atoms. The molecule has 1 aromatic heterocycles. The Labute approximate surface area is 113 Å². The summed E-state index contributed by atoms with van der Waals surface area (Å²) in [6.45, 7) is 4.64. The number of hydrogen-bond acceptors (Lipinski definition) is 8. The molecule has 0 amide bonds. The monoisotopic (exact) mass is 287 g/mol. The molecule has 0 aliphatic carbocycles. The van der Waals surface area contributed by atoms with Crippen LogP contribution in [-0.4, -0.2) is 43.7 Å². The highest BCUT2D eigenvalue weighted by Gasteiger charge is 2.19. The molecule has 0 unspecified atom stereocenters. The van der Waals surface area contributed by atoms with Crippen molar-refractivity contribution >= 4 is 29.4 Å². The summed E-state index contributed by atoms with van der Waals surface area (Å²) in [6.07, 6.45) is 1.24. The van der Waals surface area contributed by atoms with Crippen LogP contribution in [0.3, 0.4) is 0 Å². The maximum absolute atomic E-state index is 11.3. The lowest BCUT2D eigenvalue weighted by Gasteiger charge is -2.18. The van der Waals surface area contributed by atoms with E-state index in [0.29, 0.717) is 0 Å². The highest BCUT2D eigenvalue weighted by Crippen LogP contribution is 2.07. The fourth-order valence-electron chi connectivity index (χ4n) is 0.985. The first-order valence-electron chi connectivity index (χ1n) is 5.22. The number of esters is 1. The number of aromatic nitrogens is 2. The number of hydrogen-bond donors (Lipinski definition) is 1. The molecule has 0 saturated carbocycles. The molecule has 1 aromatic rings. The van der Waals surface area contributed by atoms with E-state index in [2.05, 4.69) is 18.7 Å². The van der Waals surface area contributed by atoms with Gasteiger partial charge in [-0.2, -0.15) is 8.75 Å². The van der Waals surface area contributed by atoms with Crippen molar-refractivity contribution < 1.29 is 24.3 Å². The average Bonchev–Trinajstić information content (AvgIpc) is 2.74. The highest BCUT2D eigenvalue weighted by molar-refractivity contribution is 6.99. The van der Waals surface area contributed by atoms with Gasteiger partial charge in [-0.25, -0.2) is 9.59 Å². The molecule has 1 N–H and O–H groups in total. The van der Waals surface area contributed by atoms with Gasteiger partial charge in [0.15, 0.2) is 0 Å². The van der Waals surface area contributed by atoms with Crippen LogP contribution in [0.5, 0.6) is 0 Å². The van der Waals surface area contributed by atoms with Crippen LogP contribution in [0.2, 0.25) is 0 Å². The summed E-state index contributed by atoms with van der Waals surface area (Å²) < 4.78 is 12.3. The third kappa shape index (κ3) is 5.42. The van der Waals surface area contributed by atoms with E-state index in [1.165, 1.54) is 6.20 Å². The van der Waals surface area contributed by atoms with E-state index in [-0.39, 0.29) is 5.69 Å². The molecule has 19 heavy (non-hydrogen) atoms. The van der Waals surface area contributed by atoms with E-state index in [9.17, 15) is 9.59 Å². The van der Waals surface area contributed by atoms with E-state index < -0.39 is 29.9 Å². The Morgan fingerprint density at radius 2 is 2.16 bits per heavy atom. The number of carbonyl (C=O) groups excluding carboxylic acids is 1. The lowest BCUT2D eigenvalue weighted by Crippen LogP contribution is -2.26. The van der Waals surface area contributed by atoms with Crippen molar-refractivity contribution in [1.82, 2.24) is 8.75 Å². The molecule has 1 rings (SSSR count). The Bertz CT molecular complexity index is 478. The predicted molar refractivity (Wildman–Crippen MR) is 65.9 cm³/mol. The van der Waals surface area contributed by atoms with E-state index in [1.54, 1.807) is 20.8 Å². The number of oxime groups is 1. The Kier molecular flexibility index (Phi) is 4.93. The molecule has 0 aromatic carbocycles. The van der Waals surface area contributed by atoms with Crippen molar-refractivity contribution in [3.05, 3.63) is 11.9 Å². The Hall–Kier alpha value is -2.03. The summed E-state index contributed by atoms with van der Waals surface area (Å²) in [5.41, 5.74) is -0.988. The highest BCUT2D eigenvalue weighted by atomic mass is 32.1. The van der Waals surface area contributed by atoms with Crippen molar-refractivity contribution in [2.24, 2.45) is 5.16 Å². The van der Waals surface area contributed by atoms with Gasteiger partial charge in [0.2, 0.25) is 12.3 Å². The van der Waals surface area contributed by atoms with Gasteiger partial charge >= 0.3 is 11.9 Å². The molecule has 0 atom stereocenters. The van der Waals surface area contributed by atoms with Crippen LogP contribution in [0.4, 0.5) is 0 Å². The standard InChI is InChI=1S/C10H13N3O5S/c1-10(2,3)18-7(14)5-17-12-8(9(15)16)6-4-11-19-13-6/h4H,5H2,1-3H3,(H,15,16). The Morgan fingerprint density at radius 1 is 1.47 bits per heavy atom. The number of aliphatic carboxylic acids is 1. The molecule has 0 aliphatic heterocycles. The van der Waals surface area contributed by atoms with Gasteiger partial charge in [-0.15, -0.1) is 0 Å². The maximum Gasteiger partial charge on any atom is 0.360 e. The van der Waals surface area contributed by atoms with Crippen molar-refractivity contribution in [3.63, 3.8) is 0 Å². The van der Waals surface area contributed by atoms with Crippen LogP contribution >= 0.6 is 11.7 Å². The molecule has 104 valence electrons. The summed E-state index contributed by atoms with van der Waals surface area (Å²) >= 11 is 0.842. The van der Waals surface area contributed by atoms with Crippen molar-refractivity contribution in [2.45, 2.75) is 26.4 Å². The minimum Gasteiger partial charge on any atom is -0.476 e. The van der Waals surface area contributed by atoms with E-state index in [4.69, 9.17) is 9.84 Å². The summed E-state index contributed by atoms with van der Waals surface area (Å²) in [4.78, 5) is 26.9. The quantitative estimate of drug-likeness (QED) is 0.481. The van der Waals surface area contributed by atoms with Gasteiger partial charge in [0.25, 0.3) is 0 Å². The van der Waals surface area contributed by atoms with Gasteiger partial charge in [-0.05, 0) is 20.8 Å². The summed E-state index contributed by atoms with van der Waals surface area (Å²) in [6, 6.07) is 0. The first kappa shape index (κ1) is 15.0. The zero-order valence-corrected chi connectivity index (χ0v) is 11.4. The summed E-state index contributed by atoms with van der Waals surface area (Å²) in [5, 5.41) is 12.3. The second-order valence-electron chi connectivity index (χ2n) is 4.40. The van der Waals surface area contributed by atoms with Gasteiger partial charge in [-0.1, -0.05) is 5.16 Å². The molecule has 0 bridgehead atoms. The first-order valence-corrected chi connectivity index (χ1v) is 5.95. The second kappa shape index (κ2) is 6.23. The van der Waals surface area contributed by atoms with Crippen molar-refractivity contribution in [1.29, 1.82) is 0 Å². The normalized spacial score (nSPS) is 12.1. The molecule has 9 heteroatoms. The zero-order valence-electron chi connectivity index (χ0n) is 10.6. The fourth-order valence-corrected chi connectivity index (χ4v) is 1.40. The van der Waals surface area contributed by atoms with Gasteiger partial charge in [-0.3, -0.25) is 0 Å². The zero-order chi connectivity index (χ0) is 14.5. The summed E-state index contributed by atoms with van der Waals surface area (Å²) in [5.74, 6) is -1.96. The lowest BCUT2D eigenvalue weighted by atomic mass is 10.2. The van der Waals surface area contributed by atoms with Crippen LogP contribution < -0.4 is 0 Å². The largest absolute Gasteiger partial charge is 0.476 e. The van der Waals surface area contributed by atoms with Crippen LogP contribution in [-0.2, 0) is 19.2 Å². The van der Waals surface area contributed by atoms with E-state index in [0.717, 1.165) is 11.7 Å². The first-order chi connectivity index (χ1) is 8.79. The SMILES string of the molecule is CC(C)(C)OC(=O)CON=C(C(=O)O)c1cnsn1. The Morgan fingerprint density at radius 3 is 2.63 bits per heavy atom. The van der Waals surface area contributed by atoms with Gasteiger partial charge < -0.3 is 14.7 Å². The predicted octanol–water partition coefficient (Wildman–Crippen LogP) is 0.685. The lowest BCUT2D eigenvalue weighted by molar-refractivity contribution is -0.160. The Balaban J connectivity index is 2.59. The number of carboxylic acids is 1. The molecular weight excluding hydrogens is 274 g/mol. The maximum atomic E-state index is 11.3. The van der Waals surface area contributed by atoms with Crippen LogP contribution in [0, 0.1) is 0 Å². The average molecular weight is 287 g/mol. The number of ether oxygens (including phenoxy) is 1. The van der Waals surface area contributed by atoms with E-state index >= 15 is 0 Å². The van der Waals surface area contributed by atoms with E-state index in [1.807, 2.05) is 0 Å². The molecule has 0 aliphatic rings.